The summed E-state index contributed by atoms with van der Waals surface area (Å²) in [7, 11) is -7.60. The van der Waals surface area contributed by atoms with Crippen LogP contribution in [0.3, 0.4) is 0 Å². The highest BCUT2D eigenvalue weighted by molar-refractivity contribution is 7.86. The van der Waals surface area contributed by atoms with E-state index in [0.717, 1.165) is 31.1 Å². The third kappa shape index (κ3) is 9.37. The van der Waals surface area contributed by atoms with Crippen molar-refractivity contribution in [1.29, 1.82) is 0 Å². The van der Waals surface area contributed by atoms with Gasteiger partial charge in [-0.1, -0.05) is 93.4 Å². The molecule has 5 nitrogen and oxygen atoms in total. The lowest BCUT2D eigenvalue weighted by Crippen LogP contribution is -2.45. The van der Waals surface area contributed by atoms with Crippen molar-refractivity contribution in [3.63, 3.8) is 0 Å². The molecule has 7 atom stereocenters. The quantitative estimate of drug-likeness (QED) is 0.118. The van der Waals surface area contributed by atoms with E-state index in [1.54, 1.807) is 0 Å². The maximum Gasteiger partial charge on any atom is 0.264 e. The van der Waals surface area contributed by atoms with E-state index in [9.17, 15) is 8.42 Å². The van der Waals surface area contributed by atoms with Crippen molar-refractivity contribution in [3.8, 4) is 0 Å². The van der Waals surface area contributed by atoms with E-state index in [1.165, 1.54) is 19.3 Å². The molecule has 2 fully saturated rings. The van der Waals surface area contributed by atoms with E-state index in [0.29, 0.717) is 5.92 Å². The summed E-state index contributed by atoms with van der Waals surface area (Å²) in [4.78, 5) is 0. The van der Waals surface area contributed by atoms with E-state index in [4.69, 9.17) is 13.0 Å². The number of fused-ring (bicyclic) bond motifs is 1. The Morgan fingerprint density at radius 1 is 1.02 bits per heavy atom. The van der Waals surface area contributed by atoms with E-state index < -0.39 is 32.9 Å². The van der Waals surface area contributed by atoms with Gasteiger partial charge >= 0.3 is 0 Å². The molecule has 0 aromatic carbocycles. The molecule has 8 heteroatoms. The number of hydrogen-bond acceptors (Lipinski definition) is 5. The molecule has 40 heavy (non-hydrogen) atoms. The van der Waals surface area contributed by atoms with Crippen LogP contribution < -0.4 is 0 Å². The lowest BCUT2D eigenvalue weighted by molar-refractivity contribution is 0.138. The molecule has 0 radical (unpaired) electrons. The zero-order chi connectivity index (χ0) is 30.9. The Balaban J connectivity index is 2.44. The second kappa shape index (κ2) is 13.2. The first-order valence-corrected chi connectivity index (χ1v) is 23.2. The molecular formula is C32H62O5SSi2. The predicted molar refractivity (Wildman–Crippen MR) is 175 cm³/mol. The molecule has 0 aromatic rings. The zero-order valence-corrected chi connectivity index (χ0v) is 30.9. The van der Waals surface area contributed by atoms with Gasteiger partial charge in [0.05, 0.1) is 18.5 Å². The SMILES string of the molecule is C=C1C[C@@H]2[C@H](/C=C/[C@H](C[C@@H](C)CCCC)O[Si](C)(C)C(C)(C)C)[C@H](O[Si](C)(C)C(C)(C)C)C[C@@H]2C1OS(C)(=O)=O. The van der Waals surface area contributed by atoms with Gasteiger partial charge in [0.1, 0.15) is 6.10 Å². The van der Waals surface area contributed by atoms with Crippen molar-refractivity contribution in [3.05, 3.63) is 24.3 Å². The Morgan fingerprint density at radius 2 is 1.60 bits per heavy atom. The Bertz CT molecular complexity index is 990. The summed E-state index contributed by atoms with van der Waals surface area (Å²) in [6.07, 6.45) is 11.8. The Kier molecular flexibility index (Phi) is 11.8. The summed E-state index contributed by atoms with van der Waals surface area (Å²) in [5.74, 6) is 1.13. The summed E-state index contributed by atoms with van der Waals surface area (Å²) in [6.45, 7) is 31.9. The smallest absolute Gasteiger partial charge is 0.264 e. The molecule has 0 bridgehead atoms. The van der Waals surface area contributed by atoms with Gasteiger partial charge < -0.3 is 8.85 Å². The van der Waals surface area contributed by atoms with Gasteiger partial charge in [0, 0.05) is 5.92 Å². The van der Waals surface area contributed by atoms with Crippen LogP contribution in [0.2, 0.25) is 36.3 Å². The summed E-state index contributed by atoms with van der Waals surface area (Å²) in [6, 6.07) is 0. The zero-order valence-electron chi connectivity index (χ0n) is 28.1. The van der Waals surface area contributed by atoms with Crippen LogP contribution in [0.4, 0.5) is 0 Å². The highest BCUT2D eigenvalue weighted by Crippen LogP contribution is 2.54. The second-order valence-corrected chi connectivity index (χ2v) is 27.0. The van der Waals surface area contributed by atoms with E-state index >= 15 is 0 Å². The molecular weight excluding hydrogens is 553 g/mol. The normalized spacial score (nSPS) is 28.3. The fourth-order valence-electron chi connectivity index (χ4n) is 5.84. The summed E-state index contributed by atoms with van der Waals surface area (Å²) in [5, 5.41) is 0.228. The van der Waals surface area contributed by atoms with Crippen LogP contribution >= 0.6 is 0 Å². The van der Waals surface area contributed by atoms with Gasteiger partial charge in [0.25, 0.3) is 10.1 Å². The van der Waals surface area contributed by atoms with E-state index in [2.05, 4.69) is 100 Å². The largest absolute Gasteiger partial charge is 0.413 e. The lowest BCUT2D eigenvalue weighted by Gasteiger charge is -2.40. The minimum absolute atomic E-state index is 0.0388. The monoisotopic (exact) mass is 614 g/mol. The molecule has 0 saturated heterocycles. The molecule has 0 spiro atoms. The minimum Gasteiger partial charge on any atom is -0.413 e. The summed E-state index contributed by atoms with van der Waals surface area (Å²) in [5.41, 5.74) is 0.895. The number of hydrogen-bond donors (Lipinski definition) is 0. The van der Waals surface area contributed by atoms with Crippen LogP contribution in [0.15, 0.2) is 24.3 Å². The topological polar surface area (TPSA) is 61.8 Å². The van der Waals surface area contributed by atoms with E-state index in [-0.39, 0.29) is 40.0 Å². The fourth-order valence-corrected chi connectivity index (χ4v) is 9.14. The van der Waals surface area contributed by atoms with Crippen molar-refractivity contribution in [2.45, 2.75) is 148 Å². The Labute approximate surface area is 250 Å². The molecule has 1 unspecified atom stereocenters. The van der Waals surface area contributed by atoms with Crippen molar-refractivity contribution in [1.82, 2.24) is 0 Å². The van der Waals surface area contributed by atoms with Gasteiger partial charge in [-0.05, 0) is 78.9 Å². The highest BCUT2D eigenvalue weighted by atomic mass is 32.2. The highest BCUT2D eigenvalue weighted by Gasteiger charge is 2.54. The Hall–Kier alpha value is -0.256. The molecule has 2 aliphatic carbocycles. The van der Waals surface area contributed by atoms with Crippen LogP contribution in [0.1, 0.15) is 93.9 Å². The lowest BCUT2D eigenvalue weighted by atomic mass is 9.89. The third-order valence-electron chi connectivity index (χ3n) is 10.3. The molecule has 0 amide bonds. The molecule has 2 saturated carbocycles. The van der Waals surface area contributed by atoms with Crippen LogP contribution in [0.25, 0.3) is 0 Å². The first kappa shape index (κ1) is 35.9. The van der Waals surface area contributed by atoms with Crippen molar-refractivity contribution >= 4 is 26.8 Å². The van der Waals surface area contributed by atoms with E-state index in [1.807, 2.05) is 0 Å². The van der Waals surface area contributed by atoms with Gasteiger partial charge in [-0.15, -0.1) is 0 Å². The van der Waals surface area contributed by atoms with Gasteiger partial charge in [-0.3, -0.25) is 4.18 Å². The summed E-state index contributed by atoms with van der Waals surface area (Å²) < 4.78 is 44.0. The minimum atomic E-state index is -3.58. The molecule has 0 heterocycles. The molecule has 2 aliphatic rings. The number of rotatable bonds is 13. The maximum atomic E-state index is 12.1. The maximum absolute atomic E-state index is 12.1. The van der Waals surface area contributed by atoms with Crippen LogP contribution in [0.5, 0.6) is 0 Å². The molecule has 2 rings (SSSR count). The average Bonchev–Trinajstić information content (AvgIpc) is 3.22. The van der Waals surface area contributed by atoms with Crippen molar-refractivity contribution < 1.29 is 21.5 Å². The second-order valence-electron chi connectivity index (χ2n) is 15.9. The van der Waals surface area contributed by atoms with Crippen LogP contribution in [0, 0.1) is 23.7 Å². The van der Waals surface area contributed by atoms with Gasteiger partial charge in [0.2, 0.25) is 0 Å². The molecule has 0 N–H and O–H groups in total. The fraction of sp³-hybridized carbons (Fsp3) is 0.875. The van der Waals surface area contributed by atoms with Crippen LogP contribution in [-0.4, -0.2) is 49.6 Å². The standard InChI is InChI=1S/C32H62O5SSi2/c1-15-16-17-23(2)20-25(36-39(11,12)31(4,5)6)18-19-26-27-21-24(3)30(35-38(10,33)34)28(27)22-29(26)37-40(13,14)32(7,8)9/h18-19,23,25-30H,3,15-17,20-22H2,1-2,4-14H3/b19-18+/t23-,25+,26-,27+,28-,29+,30?/m0/s1. The predicted octanol–water partition coefficient (Wildman–Crippen LogP) is 9.10. The summed E-state index contributed by atoms with van der Waals surface area (Å²) >= 11 is 0. The average molecular weight is 615 g/mol. The third-order valence-corrected chi connectivity index (χ3v) is 19.8. The molecule has 0 aromatic heterocycles. The molecule has 0 aliphatic heterocycles. The first-order valence-electron chi connectivity index (χ1n) is 15.6. The van der Waals surface area contributed by atoms with Crippen molar-refractivity contribution in [2.75, 3.05) is 6.26 Å². The van der Waals surface area contributed by atoms with Gasteiger partial charge in [-0.25, -0.2) is 0 Å². The molecule has 234 valence electrons. The van der Waals surface area contributed by atoms with Gasteiger partial charge in [0.15, 0.2) is 16.6 Å². The Morgan fingerprint density at radius 3 is 2.10 bits per heavy atom. The van der Waals surface area contributed by atoms with Gasteiger partial charge in [-0.2, -0.15) is 8.42 Å². The van der Waals surface area contributed by atoms with Crippen LogP contribution in [-0.2, 0) is 23.2 Å². The number of unbranched alkanes of at least 4 members (excludes halogenated alkanes) is 1. The first-order chi connectivity index (χ1) is 18.0. The van der Waals surface area contributed by atoms with Crippen molar-refractivity contribution in [2.24, 2.45) is 23.7 Å².